The van der Waals surface area contributed by atoms with Gasteiger partial charge in [-0.05, 0) is 36.3 Å². The fraction of sp³-hybridized carbons (Fsp3) is 0.0667. The van der Waals surface area contributed by atoms with Crippen molar-refractivity contribution < 1.29 is 9.18 Å². The molecule has 1 heterocycles. The van der Waals surface area contributed by atoms with E-state index >= 15 is 0 Å². The van der Waals surface area contributed by atoms with Crippen LogP contribution in [0.2, 0.25) is 5.02 Å². The molecule has 106 valence electrons. The number of halogens is 2. The molecule has 0 aliphatic carbocycles. The zero-order valence-corrected chi connectivity index (χ0v) is 11.6. The van der Waals surface area contributed by atoms with Gasteiger partial charge in [0.1, 0.15) is 17.3 Å². The second kappa shape index (κ2) is 6.84. The van der Waals surface area contributed by atoms with Gasteiger partial charge in [-0.2, -0.15) is 0 Å². The molecule has 0 unspecified atom stereocenters. The second-order valence-corrected chi connectivity index (χ2v) is 4.43. The number of benzene rings is 1. The lowest BCUT2D eigenvalue weighted by Crippen LogP contribution is -2.15. The van der Waals surface area contributed by atoms with Gasteiger partial charge >= 0.3 is 0 Å². The standard InChI is InChI=1S/C15H11ClFN3O/c16-10-6-7-13(17)12(9-10)15(21)20-14-5-1-3-11(19-14)4-2-8-18/h1,3,5-7,9H,8,18H2,(H,19,20,21). The first-order chi connectivity index (χ1) is 10.1. The van der Waals surface area contributed by atoms with Gasteiger partial charge in [0.25, 0.3) is 5.91 Å². The van der Waals surface area contributed by atoms with E-state index in [1.54, 1.807) is 18.2 Å². The second-order valence-electron chi connectivity index (χ2n) is 3.99. The average Bonchev–Trinajstić information content (AvgIpc) is 2.48. The summed E-state index contributed by atoms with van der Waals surface area (Å²) in [6, 6.07) is 8.69. The summed E-state index contributed by atoms with van der Waals surface area (Å²) in [5.74, 6) is 4.38. The number of aromatic nitrogens is 1. The number of hydrogen-bond acceptors (Lipinski definition) is 3. The van der Waals surface area contributed by atoms with Crippen molar-refractivity contribution in [1.82, 2.24) is 4.98 Å². The summed E-state index contributed by atoms with van der Waals surface area (Å²) in [7, 11) is 0. The first-order valence-electron chi connectivity index (χ1n) is 6.02. The van der Waals surface area contributed by atoms with Crippen LogP contribution in [-0.4, -0.2) is 17.4 Å². The molecule has 2 rings (SSSR count). The number of nitrogens with one attached hydrogen (secondary N) is 1. The highest BCUT2D eigenvalue weighted by atomic mass is 35.5. The summed E-state index contributed by atoms with van der Waals surface area (Å²) in [6.07, 6.45) is 0. The molecule has 0 saturated carbocycles. The number of carbonyl (C=O) groups is 1. The first kappa shape index (κ1) is 15.0. The number of hydrogen-bond donors (Lipinski definition) is 2. The predicted octanol–water partition coefficient (Wildman–Crippen LogP) is 2.44. The predicted molar refractivity (Wildman–Crippen MR) is 79.5 cm³/mol. The number of amides is 1. The summed E-state index contributed by atoms with van der Waals surface area (Å²) in [6.45, 7) is 0.214. The number of nitrogens with two attached hydrogens (primary N) is 1. The number of pyridine rings is 1. The molecule has 0 radical (unpaired) electrons. The van der Waals surface area contributed by atoms with Crippen LogP contribution in [0.25, 0.3) is 0 Å². The topological polar surface area (TPSA) is 68.0 Å². The lowest BCUT2D eigenvalue weighted by atomic mass is 10.2. The highest BCUT2D eigenvalue weighted by Crippen LogP contribution is 2.16. The summed E-state index contributed by atoms with van der Waals surface area (Å²) in [4.78, 5) is 16.1. The number of nitrogens with zero attached hydrogens (tertiary/aromatic N) is 1. The minimum Gasteiger partial charge on any atom is -0.320 e. The van der Waals surface area contributed by atoms with Gasteiger partial charge < -0.3 is 11.1 Å². The molecule has 1 amide bonds. The fourth-order valence-corrected chi connectivity index (χ4v) is 1.74. The van der Waals surface area contributed by atoms with Crippen molar-refractivity contribution in [3.05, 3.63) is 58.5 Å². The lowest BCUT2D eigenvalue weighted by molar-refractivity contribution is 0.102. The van der Waals surface area contributed by atoms with E-state index < -0.39 is 11.7 Å². The molecule has 1 aromatic carbocycles. The van der Waals surface area contributed by atoms with Gasteiger partial charge in [-0.25, -0.2) is 9.37 Å². The van der Waals surface area contributed by atoms with Gasteiger partial charge in [-0.1, -0.05) is 23.6 Å². The summed E-state index contributed by atoms with van der Waals surface area (Å²) in [5, 5.41) is 2.77. The fourth-order valence-electron chi connectivity index (χ4n) is 1.57. The van der Waals surface area contributed by atoms with Crippen molar-refractivity contribution in [1.29, 1.82) is 0 Å². The Kier molecular flexibility index (Phi) is 4.88. The third-order valence-corrected chi connectivity index (χ3v) is 2.72. The highest BCUT2D eigenvalue weighted by molar-refractivity contribution is 6.31. The summed E-state index contributed by atoms with van der Waals surface area (Å²) < 4.78 is 13.6. The molecule has 0 atom stereocenters. The summed E-state index contributed by atoms with van der Waals surface area (Å²) >= 11 is 5.75. The van der Waals surface area contributed by atoms with Crippen molar-refractivity contribution in [3.8, 4) is 11.8 Å². The van der Waals surface area contributed by atoms with E-state index in [1.807, 2.05) is 0 Å². The molecule has 6 heteroatoms. The van der Waals surface area contributed by atoms with Crippen LogP contribution < -0.4 is 11.1 Å². The molecule has 0 saturated heterocycles. The lowest BCUT2D eigenvalue weighted by Gasteiger charge is -2.06. The third kappa shape index (κ3) is 4.02. The Morgan fingerprint density at radius 2 is 2.19 bits per heavy atom. The van der Waals surface area contributed by atoms with Gasteiger partial charge in [-0.15, -0.1) is 0 Å². The third-order valence-electron chi connectivity index (χ3n) is 2.48. The van der Waals surface area contributed by atoms with Crippen molar-refractivity contribution in [2.45, 2.75) is 0 Å². The van der Waals surface area contributed by atoms with Crippen LogP contribution >= 0.6 is 11.6 Å². The molecule has 1 aromatic heterocycles. The van der Waals surface area contributed by atoms with Crippen LogP contribution in [-0.2, 0) is 0 Å². The van der Waals surface area contributed by atoms with Crippen molar-refractivity contribution in [2.24, 2.45) is 5.73 Å². The van der Waals surface area contributed by atoms with E-state index in [4.69, 9.17) is 17.3 Å². The molecule has 21 heavy (non-hydrogen) atoms. The van der Waals surface area contributed by atoms with E-state index in [9.17, 15) is 9.18 Å². The van der Waals surface area contributed by atoms with Crippen LogP contribution in [0.1, 0.15) is 16.1 Å². The largest absolute Gasteiger partial charge is 0.320 e. The molecule has 0 bridgehead atoms. The maximum Gasteiger partial charge on any atom is 0.259 e. The van der Waals surface area contributed by atoms with E-state index in [2.05, 4.69) is 22.1 Å². The van der Waals surface area contributed by atoms with Crippen LogP contribution in [0, 0.1) is 17.7 Å². The molecule has 0 fully saturated rings. The molecule has 4 nitrogen and oxygen atoms in total. The smallest absolute Gasteiger partial charge is 0.259 e. The zero-order valence-electron chi connectivity index (χ0n) is 10.9. The van der Waals surface area contributed by atoms with Crippen molar-refractivity contribution >= 4 is 23.3 Å². The normalized spacial score (nSPS) is 9.67. The zero-order chi connectivity index (χ0) is 15.2. The molecular weight excluding hydrogens is 293 g/mol. The van der Waals surface area contributed by atoms with Crippen molar-refractivity contribution in [3.63, 3.8) is 0 Å². The Morgan fingerprint density at radius 3 is 2.95 bits per heavy atom. The Labute approximate surface area is 126 Å². The Balaban J connectivity index is 2.21. The summed E-state index contributed by atoms with van der Waals surface area (Å²) in [5.41, 5.74) is 5.59. The van der Waals surface area contributed by atoms with E-state index in [0.29, 0.717) is 5.69 Å². The quantitative estimate of drug-likeness (QED) is 0.837. The monoisotopic (exact) mass is 303 g/mol. The number of rotatable bonds is 2. The van der Waals surface area contributed by atoms with Gasteiger partial charge in [0.2, 0.25) is 0 Å². The molecular formula is C15H11ClFN3O. The van der Waals surface area contributed by atoms with E-state index in [1.165, 1.54) is 12.1 Å². The SMILES string of the molecule is NCC#Cc1cccc(NC(=O)c2cc(Cl)ccc2F)n1. The highest BCUT2D eigenvalue weighted by Gasteiger charge is 2.13. The van der Waals surface area contributed by atoms with Gasteiger partial charge in [0, 0.05) is 5.02 Å². The van der Waals surface area contributed by atoms with Crippen molar-refractivity contribution in [2.75, 3.05) is 11.9 Å². The van der Waals surface area contributed by atoms with E-state index in [-0.39, 0.29) is 22.9 Å². The Morgan fingerprint density at radius 1 is 1.38 bits per heavy atom. The molecule has 2 aromatic rings. The molecule has 0 spiro atoms. The molecule has 0 aliphatic rings. The van der Waals surface area contributed by atoms with Crippen LogP contribution in [0.3, 0.4) is 0 Å². The molecule has 3 N–H and O–H groups in total. The maximum absolute atomic E-state index is 13.6. The first-order valence-corrected chi connectivity index (χ1v) is 6.40. The Hall–Kier alpha value is -2.42. The average molecular weight is 304 g/mol. The Bertz CT molecular complexity index is 737. The van der Waals surface area contributed by atoms with Gasteiger partial charge in [-0.3, -0.25) is 4.79 Å². The van der Waals surface area contributed by atoms with Crippen LogP contribution in [0.15, 0.2) is 36.4 Å². The van der Waals surface area contributed by atoms with Gasteiger partial charge in [0.05, 0.1) is 12.1 Å². The number of anilines is 1. The van der Waals surface area contributed by atoms with Crippen LogP contribution in [0.4, 0.5) is 10.2 Å². The van der Waals surface area contributed by atoms with E-state index in [0.717, 1.165) is 6.07 Å². The van der Waals surface area contributed by atoms with Crippen LogP contribution in [0.5, 0.6) is 0 Å². The number of carbonyl (C=O) groups excluding carboxylic acids is 1. The minimum absolute atomic E-state index is 0.150. The minimum atomic E-state index is -0.657. The van der Waals surface area contributed by atoms with Gasteiger partial charge in [0.15, 0.2) is 0 Å². The maximum atomic E-state index is 13.6. The molecule has 0 aliphatic heterocycles.